The van der Waals surface area contributed by atoms with E-state index in [-0.39, 0.29) is 35.9 Å². The van der Waals surface area contributed by atoms with Crippen LogP contribution in [0.3, 0.4) is 0 Å². The van der Waals surface area contributed by atoms with E-state index in [1.54, 1.807) is 44.2 Å². The Hall–Kier alpha value is -3.31. The van der Waals surface area contributed by atoms with Crippen LogP contribution in [0.5, 0.6) is 11.5 Å². The van der Waals surface area contributed by atoms with Crippen LogP contribution in [0.25, 0.3) is 0 Å². The standard InChI is InChI=1S/C29H39N3O11S/c1-16(34)30-27-26(24(36)22(15-33)43-29(27,2)3)42-23-13-12-20(35)25(41-23)28(37)31-17-10-11-19(32-44(4,38)39)21(14-17)40-18-8-6-5-7-9-18/h5-11,14,20,22-27,32-33,35-36H,12-13,15H2,1-4H3,(H,30,34)(H,31,37). The van der Waals surface area contributed by atoms with Crippen molar-refractivity contribution in [3.8, 4) is 11.5 Å². The van der Waals surface area contributed by atoms with E-state index in [9.17, 15) is 33.3 Å². The van der Waals surface area contributed by atoms with E-state index in [2.05, 4.69) is 15.4 Å². The van der Waals surface area contributed by atoms with Crippen molar-refractivity contribution in [3.63, 3.8) is 0 Å². The summed E-state index contributed by atoms with van der Waals surface area (Å²) in [5.41, 5.74) is -0.660. The second kappa shape index (κ2) is 13.8. The first kappa shape index (κ1) is 33.6. The normalized spacial score (nSPS) is 28.5. The van der Waals surface area contributed by atoms with E-state index in [0.717, 1.165) is 6.26 Å². The number of sulfonamides is 1. The Labute approximate surface area is 255 Å². The molecular formula is C29H39N3O11S. The second-order valence-corrected chi connectivity index (χ2v) is 13.1. The molecule has 2 amide bonds. The molecule has 2 saturated heterocycles. The lowest BCUT2D eigenvalue weighted by atomic mass is 9.84. The fourth-order valence-corrected chi connectivity index (χ4v) is 5.77. The lowest BCUT2D eigenvalue weighted by molar-refractivity contribution is -0.292. The number of amides is 2. The Morgan fingerprint density at radius 3 is 2.43 bits per heavy atom. The van der Waals surface area contributed by atoms with Crippen LogP contribution in [0.2, 0.25) is 0 Å². The minimum atomic E-state index is -3.65. The van der Waals surface area contributed by atoms with Gasteiger partial charge in [-0.1, -0.05) is 18.2 Å². The van der Waals surface area contributed by atoms with E-state index in [1.165, 1.54) is 25.1 Å². The summed E-state index contributed by atoms with van der Waals surface area (Å²) >= 11 is 0. The van der Waals surface area contributed by atoms with Crippen LogP contribution in [0.15, 0.2) is 48.5 Å². The Balaban J connectivity index is 1.51. The molecule has 7 atom stereocenters. The zero-order valence-corrected chi connectivity index (χ0v) is 25.6. The molecule has 4 rings (SSSR count). The Morgan fingerprint density at radius 1 is 1.09 bits per heavy atom. The van der Waals surface area contributed by atoms with Crippen molar-refractivity contribution in [2.75, 3.05) is 22.9 Å². The first-order valence-corrected chi connectivity index (χ1v) is 15.9. The van der Waals surface area contributed by atoms with Crippen LogP contribution in [-0.4, -0.2) is 96.9 Å². The molecule has 44 heavy (non-hydrogen) atoms. The van der Waals surface area contributed by atoms with Gasteiger partial charge in [0.1, 0.15) is 24.1 Å². The molecule has 2 aliphatic rings. The van der Waals surface area contributed by atoms with Gasteiger partial charge in [-0.15, -0.1) is 0 Å². The third kappa shape index (κ3) is 8.44. The fourth-order valence-electron chi connectivity index (χ4n) is 5.21. The quantitative estimate of drug-likeness (QED) is 0.218. The number of carbonyl (C=O) groups excluding carboxylic acids is 2. The molecule has 6 N–H and O–H groups in total. The number of anilines is 2. The van der Waals surface area contributed by atoms with E-state index in [4.69, 9.17) is 18.9 Å². The summed E-state index contributed by atoms with van der Waals surface area (Å²) < 4.78 is 49.8. The predicted molar refractivity (Wildman–Crippen MR) is 158 cm³/mol. The van der Waals surface area contributed by atoms with Crippen molar-refractivity contribution < 1.29 is 52.3 Å². The van der Waals surface area contributed by atoms with Gasteiger partial charge in [-0.3, -0.25) is 14.3 Å². The molecule has 0 aliphatic carbocycles. The molecule has 15 heteroatoms. The second-order valence-electron chi connectivity index (χ2n) is 11.3. The number of rotatable bonds is 10. The van der Waals surface area contributed by atoms with Crippen LogP contribution in [0.4, 0.5) is 11.4 Å². The van der Waals surface area contributed by atoms with Gasteiger partial charge in [-0.25, -0.2) is 8.42 Å². The maximum atomic E-state index is 13.3. The highest BCUT2D eigenvalue weighted by atomic mass is 32.2. The molecule has 0 aromatic heterocycles. The van der Waals surface area contributed by atoms with Crippen molar-refractivity contribution >= 4 is 33.2 Å². The maximum absolute atomic E-state index is 13.3. The molecule has 0 spiro atoms. The molecule has 2 aliphatic heterocycles. The first-order chi connectivity index (χ1) is 20.7. The van der Waals surface area contributed by atoms with Crippen molar-refractivity contribution in [2.45, 2.75) is 82.1 Å². The molecule has 2 fully saturated rings. The van der Waals surface area contributed by atoms with Crippen molar-refractivity contribution in [2.24, 2.45) is 0 Å². The lowest BCUT2D eigenvalue weighted by Gasteiger charge is -2.50. The zero-order chi connectivity index (χ0) is 32.2. The lowest BCUT2D eigenvalue weighted by Crippen LogP contribution is -2.69. The average Bonchev–Trinajstić information content (AvgIpc) is 2.94. The topological polar surface area (TPSA) is 202 Å². The monoisotopic (exact) mass is 637 g/mol. The number of benzene rings is 2. The number of carbonyl (C=O) groups is 2. The largest absolute Gasteiger partial charge is 0.455 e. The van der Waals surface area contributed by atoms with Crippen LogP contribution in [0, 0.1) is 0 Å². The van der Waals surface area contributed by atoms with E-state index in [0.29, 0.717) is 5.75 Å². The maximum Gasteiger partial charge on any atom is 0.256 e. The highest BCUT2D eigenvalue weighted by Gasteiger charge is 2.52. The van der Waals surface area contributed by atoms with Gasteiger partial charge >= 0.3 is 0 Å². The number of aliphatic hydroxyl groups excluding tert-OH is 3. The summed E-state index contributed by atoms with van der Waals surface area (Å²) in [6, 6.07) is 12.1. The molecule has 14 nitrogen and oxygen atoms in total. The third-order valence-corrected chi connectivity index (χ3v) is 7.81. The average molecular weight is 638 g/mol. The molecule has 7 unspecified atom stereocenters. The number of hydrogen-bond donors (Lipinski definition) is 6. The Bertz CT molecular complexity index is 1420. The minimum Gasteiger partial charge on any atom is -0.455 e. The number of aliphatic hydroxyl groups is 3. The van der Waals surface area contributed by atoms with Crippen LogP contribution in [0.1, 0.15) is 33.6 Å². The summed E-state index contributed by atoms with van der Waals surface area (Å²) in [5, 5.41) is 36.7. The van der Waals surface area contributed by atoms with Gasteiger partial charge < -0.3 is 44.9 Å². The van der Waals surface area contributed by atoms with Gasteiger partial charge in [0, 0.05) is 25.1 Å². The summed E-state index contributed by atoms with van der Waals surface area (Å²) in [7, 11) is -3.65. The molecule has 242 valence electrons. The highest BCUT2D eigenvalue weighted by molar-refractivity contribution is 7.92. The van der Waals surface area contributed by atoms with Gasteiger partial charge in [-0.05, 0) is 44.5 Å². The molecule has 2 aromatic rings. The van der Waals surface area contributed by atoms with E-state index < -0.39 is 71.0 Å². The molecular weight excluding hydrogens is 598 g/mol. The van der Waals surface area contributed by atoms with Gasteiger partial charge in [0.2, 0.25) is 15.9 Å². The van der Waals surface area contributed by atoms with Gasteiger partial charge in [0.25, 0.3) is 5.91 Å². The number of para-hydroxylation sites is 1. The van der Waals surface area contributed by atoms with Gasteiger partial charge in [0.15, 0.2) is 18.1 Å². The summed E-state index contributed by atoms with van der Waals surface area (Å²) in [5.74, 6) is -0.553. The summed E-state index contributed by atoms with van der Waals surface area (Å²) in [4.78, 5) is 25.3. The SMILES string of the molecule is CC(=O)NC1C(OC2CCC(O)C(C(=O)Nc3ccc(NS(C)(=O)=O)c(Oc4ccccc4)c3)O2)C(O)C(CO)OC1(C)C. The Morgan fingerprint density at radius 2 is 1.80 bits per heavy atom. The number of hydrogen-bond acceptors (Lipinski definition) is 11. The predicted octanol–water partition coefficient (Wildman–Crippen LogP) is 1.08. The highest BCUT2D eigenvalue weighted by Crippen LogP contribution is 2.35. The molecule has 2 aromatic carbocycles. The molecule has 0 bridgehead atoms. The molecule has 2 heterocycles. The smallest absolute Gasteiger partial charge is 0.256 e. The third-order valence-electron chi connectivity index (χ3n) is 7.22. The van der Waals surface area contributed by atoms with Crippen LogP contribution < -0.4 is 20.1 Å². The zero-order valence-electron chi connectivity index (χ0n) is 24.8. The van der Waals surface area contributed by atoms with E-state index >= 15 is 0 Å². The minimum absolute atomic E-state index is 0.115. The molecule has 0 radical (unpaired) electrons. The van der Waals surface area contributed by atoms with Crippen LogP contribution in [-0.2, 0) is 33.8 Å². The molecule has 0 saturated carbocycles. The summed E-state index contributed by atoms with van der Waals surface area (Å²) in [6.45, 7) is 4.19. The Kier molecular flexibility index (Phi) is 10.5. The first-order valence-electron chi connectivity index (χ1n) is 14.1. The van der Waals surface area contributed by atoms with Gasteiger partial charge in [0.05, 0.1) is 36.3 Å². The fraction of sp³-hybridized carbons (Fsp3) is 0.517. The van der Waals surface area contributed by atoms with Crippen molar-refractivity contribution in [1.29, 1.82) is 0 Å². The number of ether oxygens (including phenoxy) is 4. The van der Waals surface area contributed by atoms with Crippen molar-refractivity contribution in [3.05, 3.63) is 48.5 Å². The van der Waals surface area contributed by atoms with Crippen LogP contribution >= 0.6 is 0 Å². The van der Waals surface area contributed by atoms with Gasteiger partial charge in [-0.2, -0.15) is 0 Å². The number of nitrogens with one attached hydrogen (secondary N) is 3. The summed E-state index contributed by atoms with van der Waals surface area (Å²) in [6.07, 6.45) is -5.74. The van der Waals surface area contributed by atoms with E-state index in [1.807, 2.05) is 0 Å². The van der Waals surface area contributed by atoms with Crippen molar-refractivity contribution in [1.82, 2.24) is 5.32 Å².